The summed E-state index contributed by atoms with van der Waals surface area (Å²) in [5.74, 6) is 0. The van der Waals surface area contributed by atoms with Crippen molar-refractivity contribution in [1.29, 1.82) is 0 Å². The molecule has 2 aliphatic heterocycles. The molecule has 3 nitrogen and oxygen atoms in total. The Balaban J connectivity index is 1.72. The van der Waals surface area contributed by atoms with Crippen LogP contribution in [-0.2, 0) is 24.6 Å². The Morgan fingerprint density at radius 1 is 1.14 bits per heavy atom. The third-order valence-electron chi connectivity index (χ3n) is 6.08. The Hall–Kier alpha value is -2.08. The number of pyridine rings is 1. The SMILES string of the molecule is CC(C)(C)c1cc2c(c([C@@H]3CCCN3)c1)CN(c1ccnc(C(F)(F)F)c1)CC2. The highest BCUT2D eigenvalue weighted by Gasteiger charge is 2.33. The Morgan fingerprint density at radius 3 is 2.59 bits per heavy atom. The zero-order chi connectivity index (χ0) is 20.8. The molecule has 2 aliphatic rings. The summed E-state index contributed by atoms with van der Waals surface area (Å²) in [6.45, 7) is 9.04. The second kappa shape index (κ2) is 7.31. The minimum Gasteiger partial charge on any atom is -0.367 e. The molecule has 0 unspecified atom stereocenters. The van der Waals surface area contributed by atoms with E-state index < -0.39 is 11.9 Å². The van der Waals surface area contributed by atoms with Crippen molar-refractivity contribution in [2.24, 2.45) is 0 Å². The molecule has 6 heteroatoms. The highest BCUT2D eigenvalue weighted by atomic mass is 19.4. The van der Waals surface area contributed by atoms with Crippen LogP contribution in [-0.4, -0.2) is 18.1 Å². The van der Waals surface area contributed by atoms with E-state index in [9.17, 15) is 13.2 Å². The van der Waals surface area contributed by atoms with E-state index in [0.29, 0.717) is 24.8 Å². The molecule has 29 heavy (non-hydrogen) atoms. The van der Waals surface area contributed by atoms with Gasteiger partial charge in [-0.1, -0.05) is 32.9 Å². The van der Waals surface area contributed by atoms with Crippen LogP contribution in [0.25, 0.3) is 0 Å². The number of nitrogens with one attached hydrogen (secondary N) is 1. The van der Waals surface area contributed by atoms with E-state index in [1.165, 1.54) is 34.5 Å². The minimum absolute atomic E-state index is 0.0617. The zero-order valence-electron chi connectivity index (χ0n) is 17.2. The van der Waals surface area contributed by atoms with Gasteiger partial charge in [-0.2, -0.15) is 13.2 Å². The number of fused-ring (bicyclic) bond motifs is 1. The van der Waals surface area contributed by atoms with Crippen LogP contribution in [0.2, 0.25) is 0 Å². The summed E-state index contributed by atoms with van der Waals surface area (Å²) in [5.41, 5.74) is 5.07. The van der Waals surface area contributed by atoms with Gasteiger partial charge in [0.2, 0.25) is 0 Å². The monoisotopic (exact) mass is 403 g/mol. The maximum absolute atomic E-state index is 13.1. The first kappa shape index (κ1) is 20.2. The van der Waals surface area contributed by atoms with Crippen LogP contribution in [0.4, 0.5) is 18.9 Å². The van der Waals surface area contributed by atoms with E-state index in [2.05, 4.69) is 48.1 Å². The Bertz CT molecular complexity index is 893. The smallest absolute Gasteiger partial charge is 0.367 e. The number of aromatic nitrogens is 1. The van der Waals surface area contributed by atoms with Crippen LogP contribution in [0, 0.1) is 0 Å². The van der Waals surface area contributed by atoms with Crippen LogP contribution in [0.3, 0.4) is 0 Å². The van der Waals surface area contributed by atoms with Gasteiger partial charge in [-0.3, -0.25) is 4.98 Å². The Kier molecular flexibility index (Phi) is 5.09. The van der Waals surface area contributed by atoms with Gasteiger partial charge in [0.25, 0.3) is 0 Å². The van der Waals surface area contributed by atoms with Crippen molar-refractivity contribution >= 4 is 5.69 Å². The van der Waals surface area contributed by atoms with Gasteiger partial charge < -0.3 is 10.2 Å². The van der Waals surface area contributed by atoms with Crippen LogP contribution >= 0.6 is 0 Å². The van der Waals surface area contributed by atoms with E-state index in [4.69, 9.17) is 0 Å². The summed E-state index contributed by atoms with van der Waals surface area (Å²) in [6.07, 6.45) is -0.0710. The molecule has 1 fully saturated rings. The first-order valence-electron chi connectivity index (χ1n) is 10.3. The lowest BCUT2D eigenvalue weighted by Gasteiger charge is -2.35. The van der Waals surface area contributed by atoms with Gasteiger partial charge in [0, 0.05) is 31.0 Å². The maximum atomic E-state index is 13.1. The van der Waals surface area contributed by atoms with E-state index in [1.54, 1.807) is 6.07 Å². The molecule has 1 aromatic heterocycles. The second-order valence-electron chi connectivity index (χ2n) is 9.17. The molecule has 1 saturated heterocycles. The third-order valence-corrected chi connectivity index (χ3v) is 6.08. The highest BCUT2D eigenvalue weighted by molar-refractivity contribution is 5.53. The van der Waals surface area contributed by atoms with Crippen molar-refractivity contribution < 1.29 is 13.2 Å². The first-order valence-corrected chi connectivity index (χ1v) is 10.3. The zero-order valence-corrected chi connectivity index (χ0v) is 17.2. The number of hydrogen-bond acceptors (Lipinski definition) is 3. The largest absolute Gasteiger partial charge is 0.433 e. The molecule has 0 saturated carbocycles. The summed E-state index contributed by atoms with van der Waals surface area (Å²) in [4.78, 5) is 5.56. The highest BCUT2D eigenvalue weighted by Crippen LogP contribution is 2.37. The van der Waals surface area contributed by atoms with Gasteiger partial charge >= 0.3 is 6.18 Å². The number of halogens is 3. The fourth-order valence-electron chi connectivity index (χ4n) is 4.38. The van der Waals surface area contributed by atoms with Crippen molar-refractivity contribution in [1.82, 2.24) is 10.3 Å². The van der Waals surface area contributed by atoms with E-state index in [1.807, 2.05) is 0 Å². The topological polar surface area (TPSA) is 28.2 Å². The predicted octanol–water partition coefficient (Wildman–Crippen LogP) is 5.39. The second-order valence-corrected chi connectivity index (χ2v) is 9.17. The molecule has 0 spiro atoms. The van der Waals surface area contributed by atoms with Crippen molar-refractivity contribution in [2.45, 2.75) is 64.2 Å². The molecule has 4 rings (SSSR count). The molecule has 0 amide bonds. The van der Waals surface area contributed by atoms with Crippen LogP contribution in [0.15, 0.2) is 30.5 Å². The van der Waals surface area contributed by atoms with E-state index in [0.717, 1.165) is 25.8 Å². The Labute approximate surface area is 170 Å². The number of alkyl halides is 3. The lowest BCUT2D eigenvalue weighted by Crippen LogP contribution is -2.33. The number of benzene rings is 1. The summed E-state index contributed by atoms with van der Waals surface area (Å²) in [6, 6.07) is 7.80. The summed E-state index contributed by atoms with van der Waals surface area (Å²) in [7, 11) is 0. The predicted molar refractivity (Wildman–Crippen MR) is 109 cm³/mol. The van der Waals surface area contributed by atoms with Crippen LogP contribution in [0.5, 0.6) is 0 Å². The van der Waals surface area contributed by atoms with Gasteiger partial charge in [0.1, 0.15) is 5.69 Å². The van der Waals surface area contributed by atoms with Gasteiger partial charge in [0.05, 0.1) is 0 Å². The quantitative estimate of drug-likeness (QED) is 0.729. The number of rotatable bonds is 2. The molecule has 0 radical (unpaired) electrons. The molecule has 3 heterocycles. The average molecular weight is 403 g/mol. The van der Waals surface area contributed by atoms with Crippen molar-refractivity contribution in [3.63, 3.8) is 0 Å². The van der Waals surface area contributed by atoms with Gasteiger partial charge in [-0.15, -0.1) is 0 Å². The molecule has 1 N–H and O–H groups in total. The standard InChI is InChI=1S/C23H28F3N3/c1-22(2,3)16-11-15-7-10-29(17-6-9-28-21(13-17)23(24,25)26)14-19(15)18(12-16)20-5-4-8-27-20/h6,9,11-13,20,27H,4-5,7-8,10,14H2,1-3H3/t20-/m0/s1. The summed E-state index contributed by atoms with van der Waals surface area (Å²) < 4.78 is 39.3. The normalized spacial score (nSPS) is 20.1. The van der Waals surface area contributed by atoms with Gasteiger partial charge in [-0.05, 0) is 65.6 Å². The van der Waals surface area contributed by atoms with Crippen LogP contribution in [0.1, 0.15) is 67.6 Å². The minimum atomic E-state index is -4.43. The molecule has 0 aliphatic carbocycles. The van der Waals surface area contributed by atoms with Crippen molar-refractivity contribution in [3.8, 4) is 0 Å². The van der Waals surface area contributed by atoms with Crippen LogP contribution < -0.4 is 10.2 Å². The number of hydrogen-bond donors (Lipinski definition) is 1. The first-order chi connectivity index (χ1) is 13.6. The molecule has 156 valence electrons. The number of nitrogens with zero attached hydrogens (tertiary/aromatic N) is 2. The summed E-state index contributed by atoms with van der Waals surface area (Å²) in [5, 5.41) is 3.61. The van der Waals surface area contributed by atoms with E-state index >= 15 is 0 Å². The van der Waals surface area contributed by atoms with E-state index in [-0.39, 0.29) is 5.41 Å². The molecular formula is C23H28F3N3. The van der Waals surface area contributed by atoms with Crippen molar-refractivity contribution in [3.05, 3.63) is 58.4 Å². The molecule has 1 atom stereocenters. The lowest BCUT2D eigenvalue weighted by molar-refractivity contribution is -0.141. The molecule has 1 aromatic carbocycles. The third kappa shape index (κ3) is 4.13. The molecular weight excluding hydrogens is 375 g/mol. The lowest BCUT2D eigenvalue weighted by atomic mass is 9.80. The maximum Gasteiger partial charge on any atom is 0.433 e. The summed E-state index contributed by atoms with van der Waals surface area (Å²) >= 11 is 0. The number of anilines is 1. The average Bonchev–Trinajstić information content (AvgIpc) is 3.20. The molecule has 2 aromatic rings. The Morgan fingerprint density at radius 2 is 1.93 bits per heavy atom. The van der Waals surface area contributed by atoms with Gasteiger partial charge in [-0.25, -0.2) is 0 Å². The van der Waals surface area contributed by atoms with Gasteiger partial charge in [0.15, 0.2) is 0 Å². The fraction of sp³-hybridized carbons (Fsp3) is 0.522. The fourth-order valence-corrected chi connectivity index (χ4v) is 4.38. The molecule has 0 bridgehead atoms. The van der Waals surface area contributed by atoms with Crippen molar-refractivity contribution in [2.75, 3.05) is 18.0 Å².